The normalized spacial score (nSPS) is 10.7. The van der Waals surface area contributed by atoms with Crippen LogP contribution < -0.4 is 0 Å². The first kappa shape index (κ1) is 11.9. The average Bonchev–Trinajstić information content (AvgIpc) is 2.16. The second-order valence-electron chi connectivity index (χ2n) is 2.70. The Bertz CT molecular complexity index is 458. The maximum absolute atomic E-state index is 12.3. The highest BCUT2D eigenvalue weighted by atomic mass is 19.4. The lowest BCUT2D eigenvalue weighted by atomic mass is 10.1. The molecule has 5 nitrogen and oxygen atoms in total. The minimum atomic E-state index is -4.74. The second-order valence-corrected chi connectivity index (χ2v) is 2.70. The first-order valence-corrected chi connectivity index (χ1v) is 3.79. The standard InChI is InChI=1S/C8H3F3N2O3/c9-8(10,11)5-1-6(12-4-14)3-7(2-5)13(15)16/h1-3H. The summed E-state index contributed by atoms with van der Waals surface area (Å²) < 4.78 is 36.9. The highest BCUT2D eigenvalue weighted by Gasteiger charge is 2.32. The molecule has 0 fully saturated rings. The summed E-state index contributed by atoms with van der Waals surface area (Å²) in [7, 11) is 0. The summed E-state index contributed by atoms with van der Waals surface area (Å²) >= 11 is 0. The zero-order valence-electron chi connectivity index (χ0n) is 7.49. The first-order valence-electron chi connectivity index (χ1n) is 3.79. The van der Waals surface area contributed by atoms with E-state index in [1.54, 1.807) is 0 Å². The molecule has 0 radical (unpaired) electrons. The van der Waals surface area contributed by atoms with Crippen molar-refractivity contribution in [1.29, 1.82) is 0 Å². The van der Waals surface area contributed by atoms with E-state index in [1.807, 2.05) is 0 Å². The number of alkyl halides is 3. The quantitative estimate of drug-likeness (QED) is 0.340. The van der Waals surface area contributed by atoms with Crippen molar-refractivity contribution < 1.29 is 22.9 Å². The van der Waals surface area contributed by atoms with E-state index >= 15 is 0 Å². The first-order chi connectivity index (χ1) is 7.34. The highest BCUT2D eigenvalue weighted by Crippen LogP contribution is 2.34. The molecule has 0 aliphatic rings. The third-order valence-electron chi connectivity index (χ3n) is 1.62. The predicted molar refractivity (Wildman–Crippen MR) is 45.9 cm³/mol. The zero-order valence-corrected chi connectivity index (χ0v) is 7.49. The number of hydrogen-bond donors (Lipinski definition) is 0. The van der Waals surface area contributed by atoms with E-state index in [2.05, 4.69) is 4.99 Å². The summed E-state index contributed by atoms with van der Waals surface area (Å²) in [5.41, 5.74) is -2.49. The molecule has 1 aromatic carbocycles. The topological polar surface area (TPSA) is 72.6 Å². The van der Waals surface area contributed by atoms with E-state index in [-0.39, 0.29) is 0 Å². The Kier molecular flexibility index (Phi) is 3.05. The fraction of sp³-hybridized carbons (Fsp3) is 0.125. The van der Waals surface area contributed by atoms with Gasteiger partial charge in [0, 0.05) is 12.1 Å². The maximum atomic E-state index is 12.3. The molecule has 0 aromatic heterocycles. The molecule has 84 valence electrons. The van der Waals surface area contributed by atoms with E-state index in [1.165, 1.54) is 0 Å². The molecule has 0 aliphatic heterocycles. The Morgan fingerprint density at radius 3 is 2.38 bits per heavy atom. The molecule has 0 unspecified atom stereocenters. The summed E-state index contributed by atoms with van der Waals surface area (Å²) in [4.78, 5) is 22.1. The average molecular weight is 232 g/mol. The number of nitrogens with zero attached hydrogens (tertiary/aromatic N) is 2. The smallest absolute Gasteiger partial charge is 0.258 e. The Hall–Kier alpha value is -2.21. The van der Waals surface area contributed by atoms with Gasteiger partial charge in [0.1, 0.15) is 0 Å². The van der Waals surface area contributed by atoms with Gasteiger partial charge in [0.25, 0.3) is 5.69 Å². The molecule has 1 aromatic rings. The van der Waals surface area contributed by atoms with Crippen molar-refractivity contribution in [3.05, 3.63) is 33.9 Å². The molecule has 0 spiro atoms. The molecule has 0 atom stereocenters. The van der Waals surface area contributed by atoms with E-state index in [0.29, 0.717) is 12.1 Å². The molecule has 0 heterocycles. The van der Waals surface area contributed by atoms with Crippen molar-refractivity contribution in [2.75, 3.05) is 0 Å². The van der Waals surface area contributed by atoms with Crippen LogP contribution in [0.25, 0.3) is 0 Å². The van der Waals surface area contributed by atoms with Gasteiger partial charge in [-0.15, -0.1) is 0 Å². The largest absolute Gasteiger partial charge is 0.416 e. The number of carbonyl (C=O) groups excluding carboxylic acids is 1. The minimum Gasteiger partial charge on any atom is -0.258 e. The number of nitro benzene ring substituents is 1. The van der Waals surface area contributed by atoms with Crippen LogP contribution >= 0.6 is 0 Å². The molecule has 0 saturated carbocycles. The van der Waals surface area contributed by atoms with Crippen LogP contribution in [0.15, 0.2) is 23.2 Å². The van der Waals surface area contributed by atoms with E-state index in [9.17, 15) is 28.1 Å². The summed E-state index contributed by atoms with van der Waals surface area (Å²) in [6.45, 7) is 0. The van der Waals surface area contributed by atoms with Gasteiger partial charge < -0.3 is 0 Å². The molecule has 0 amide bonds. The van der Waals surface area contributed by atoms with Crippen LogP contribution in [0.4, 0.5) is 24.5 Å². The minimum absolute atomic E-state index is 0.365. The van der Waals surface area contributed by atoms with Crippen molar-refractivity contribution >= 4 is 17.5 Å². The molecule has 0 saturated heterocycles. The van der Waals surface area contributed by atoms with Gasteiger partial charge in [-0.2, -0.15) is 18.2 Å². The molecule has 8 heteroatoms. The third kappa shape index (κ3) is 2.64. The number of aliphatic imine (C=N–C) groups is 1. The van der Waals surface area contributed by atoms with E-state index < -0.39 is 28.0 Å². The Morgan fingerprint density at radius 2 is 1.94 bits per heavy atom. The van der Waals surface area contributed by atoms with Crippen LogP contribution in [0.3, 0.4) is 0 Å². The highest BCUT2D eigenvalue weighted by molar-refractivity contribution is 5.55. The monoisotopic (exact) mass is 232 g/mol. The van der Waals surface area contributed by atoms with Crippen LogP contribution in [0.1, 0.15) is 5.56 Å². The van der Waals surface area contributed by atoms with Gasteiger partial charge >= 0.3 is 6.18 Å². The maximum Gasteiger partial charge on any atom is 0.416 e. The Morgan fingerprint density at radius 1 is 1.31 bits per heavy atom. The molecule has 16 heavy (non-hydrogen) atoms. The van der Waals surface area contributed by atoms with Crippen LogP contribution in [-0.2, 0) is 11.0 Å². The lowest BCUT2D eigenvalue weighted by Gasteiger charge is -2.06. The van der Waals surface area contributed by atoms with Crippen molar-refractivity contribution in [2.24, 2.45) is 4.99 Å². The number of nitro groups is 1. The van der Waals surface area contributed by atoms with Gasteiger partial charge in [0.15, 0.2) is 0 Å². The molecule has 0 N–H and O–H groups in total. The molecular weight excluding hydrogens is 229 g/mol. The van der Waals surface area contributed by atoms with E-state index in [0.717, 1.165) is 12.1 Å². The van der Waals surface area contributed by atoms with Gasteiger partial charge in [0.2, 0.25) is 6.08 Å². The SMILES string of the molecule is O=C=Nc1cc([N+](=O)[O-])cc(C(F)(F)F)c1. The number of non-ortho nitro benzene ring substituents is 1. The molecule has 1 rings (SSSR count). The van der Waals surface area contributed by atoms with Gasteiger partial charge in [-0.25, -0.2) is 4.79 Å². The van der Waals surface area contributed by atoms with Crippen molar-refractivity contribution in [3.63, 3.8) is 0 Å². The summed E-state index contributed by atoms with van der Waals surface area (Å²) in [5.74, 6) is 0. The Balaban J connectivity index is 3.41. The van der Waals surface area contributed by atoms with E-state index in [4.69, 9.17) is 0 Å². The fourth-order valence-electron chi connectivity index (χ4n) is 0.981. The summed E-state index contributed by atoms with van der Waals surface area (Å²) in [5, 5.41) is 10.3. The predicted octanol–water partition coefficient (Wildman–Crippen LogP) is 2.58. The third-order valence-corrected chi connectivity index (χ3v) is 1.62. The lowest BCUT2D eigenvalue weighted by molar-refractivity contribution is -0.385. The molecular formula is C8H3F3N2O3. The van der Waals surface area contributed by atoms with Crippen LogP contribution in [0.5, 0.6) is 0 Å². The summed E-state index contributed by atoms with van der Waals surface area (Å²) in [6, 6.07) is 1.64. The Labute approximate surface area is 86.4 Å². The number of halogens is 3. The molecule has 0 bridgehead atoms. The molecule has 0 aliphatic carbocycles. The van der Waals surface area contributed by atoms with Gasteiger partial charge in [-0.1, -0.05) is 0 Å². The summed E-state index contributed by atoms with van der Waals surface area (Å²) in [6.07, 6.45) is -3.72. The van der Waals surface area contributed by atoms with Crippen LogP contribution in [0, 0.1) is 10.1 Å². The van der Waals surface area contributed by atoms with Crippen molar-refractivity contribution in [3.8, 4) is 0 Å². The number of hydrogen-bond acceptors (Lipinski definition) is 4. The van der Waals surface area contributed by atoms with Gasteiger partial charge in [0.05, 0.1) is 16.2 Å². The fourth-order valence-corrected chi connectivity index (χ4v) is 0.981. The van der Waals surface area contributed by atoms with Gasteiger partial charge in [-0.3, -0.25) is 10.1 Å². The zero-order chi connectivity index (χ0) is 12.3. The second kappa shape index (κ2) is 4.11. The number of isocyanates is 1. The lowest BCUT2D eigenvalue weighted by Crippen LogP contribution is -2.05. The van der Waals surface area contributed by atoms with Crippen molar-refractivity contribution in [2.45, 2.75) is 6.18 Å². The number of rotatable bonds is 2. The number of benzene rings is 1. The van der Waals surface area contributed by atoms with Crippen LogP contribution in [-0.4, -0.2) is 11.0 Å². The van der Waals surface area contributed by atoms with Crippen LogP contribution in [0.2, 0.25) is 0 Å². The van der Waals surface area contributed by atoms with Gasteiger partial charge in [-0.05, 0) is 6.07 Å². The van der Waals surface area contributed by atoms with Crippen molar-refractivity contribution in [1.82, 2.24) is 0 Å².